The molecule has 10 nitrogen and oxygen atoms in total. The normalized spacial score (nSPS) is 15.0. The van der Waals surface area contributed by atoms with Crippen LogP contribution in [0.25, 0.3) is 22.0 Å². The summed E-state index contributed by atoms with van der Waals surface area (Å²) in [5.74, 6) is 1.53. The summed E-state index contributed by atoms with van der Waals surface area (Å²) in [5.41, 5.74) is 3.24. The molecule has 0 aliphatic carbocycles. The van der Waals surface area contributed by atoms with Gasteiger partial charge in [0.25, 0.3) is 0 Å². The van der Waals surface area contributed by atoms with E-state index in [-0.39, 0.29) is 6.04 Å². The maximum Gasteiger partial charge on any atom is 0.407 e. The second-order valence-corrected chi connectivity index (χ2v) is 9.38. The predicted octanol–water partition coefficient (Wildman–Crippen LogP) is 5.67. The molecule has 1 saturated heterocycles. The SMILES string of the molecule is Cc1ccc2c(NCCC#N)cccc2c1Oc1ncccc1-c1ccnc(NC2CCCN(C(=O)O)C2)n1. The van der Waals surface area contributed by atoms with Crippen LogP contribution in [-0.2, 0) is 0 Å². The molecule has 3 heterocycles. The molecule has 198 valence electrons. The molecule has 4 aromatic rings. The molecule has 1 aliphatic rings. The summed E-state index contributed by atoms with van der Waals surface area (Å²) in [5, 5.41) is 26.8. The van der Waals surface area contributed by atoms with Gasteiger partial charge in [-0.25, -0.2) is 19.7 Å². The number of benzene rings is 2. The number of nitrogens with zero attached hydrogens (tertiary/aromatic N) is 5. The molecule has 2 aromatic heterocycles. The highest BCUT2D eigenvalue weighted by Gasteiger charge is 2.24. The van der Waals surface area contributed by atoms with Gasteiger partial charge in [0.15, 0.2) is 0 Å². The average Bonchev–Trinajstić information content (AvgIpc) is 2.95. The van der Waals surface area contributed by atoms with Crippen LogP contribution >= 0.6 is 0 Å². The molecular formula is C29H29N7O3. The number of carboxylic acid groups (broad SMARTS) is 1. The lowest BCUT2D eigenvalue weighted by atomic mass is 10.0. The zero-order chi connectivity index (χ0) is 27.2. The van der Waals surface area contributed by atoms with Crippen molar-refractivity contribution in [1.82, 2.24) is 19.9 Å². The number of amides is 1. The van der Waals surface area contributed by atoms with Gasteiger partial charge in [-0.15, -0.1) is 0 Å². The maximum absolute atomic E-state index is 11.4. The first-order valence-corrected chi connectivity index (χ1v) is 12.9. The Balaban J connectivity index is 1.43. The molecule has 5 rings (SSSR count). The van der Waals surface area contributed by atoms with Crippen molar-refractivity contribution in [3.63, 3.8) is 0 Å². The molecule has 1 amide bonds. The number of nitriles is 1. The van der Waals surface area contributed by atoms with E-state index >= 15 is 0 Å². The van der Waals surface area contributed by atoms with E-state index in [1.54, 1.807) is 18.5 Å². The summed E-state index contributed by atoms with van der Waals surface area (Å²) < 4.78 is 6.47. The van der Waals surface area contributed by atoms with Gasteiger partial charge in [0.05, 0.1) is 23.7 Å². The van der Waals surface area contributed by atoms with Crippen LogP contribution in [-0.4, -0.2) is 56.7 Å². The topological polar surface area (TPSA) is 136 Å². The van der Waals surface area contributed by atoms with E-state index in [0.717, 1.165) is 34.9 Å². The monoisotopic (exact) mass is 523 g/mol. The second-order valence-electron chi connectivity index (χ2n) is 9.38. The molecule has 1 atom stereocenters. The van der Waals surface area contributed by atoms with Crippen LogP contribution < -0.4 is 15.4 Å². The fourth-order valence-corrected chi connectivity index (χ4v) is 4.78. The number of aryl methyl sites for hydroxylation is 1. The first-order chi connectivity index (χ1) is 19.0. The summed E-state index contributed by atoms with van der Waals surface area (Å²) in [4.78, 5) is 26.4. The van der Waals surface area contributed by atoms with Crippen LogP contribution in [0.4, 0.5) is 16.4 Å². The largest absolute Gasteiger partial charge is 0.465 e. The van der Waals surface area contributed by atoms with Crippen LogP contribution in [0, 0.1) is 18.3 Å². The minimum atomic E-state index is -0.915. The molecule has 1 aliphatic heterocycles. The number of aromatic nitrogens is 3. The minimum Gasteiger partial charge on any atom is -0.465 e. The molecule has 1 unspecified atom stereocenters. The number of rotatable bonds is 8. The summed E-state index contributed by atoms with van der Waals surface area (Å²) in [7, 11) is 0. The lowest BCUT2D eigenvalue weighted by Gasteiger charge is -2.31. The standard InChI is InChI=1S/C29H29N7O3/c1-19-10-11-21-22(7-2-9-24(21)31-15-5-13-30)26(19)39-27-23(8-3-14-32-27)25-12-16-33-28(35-25)34-20-6-4-17-36(18-20)29(37)38/h2-3,7-12,14,16,20,31H,4-6,15,17-18H2,1H3,(H,37,38)(H,33,34,35). The summed E-state index contributed by atoms with van der Waals surface area (Å²) >= 11 is 0. The van der Waals surface area contributed by atoms with E-state index in [1.165, 1.54) is 4.90 Å². The second kappa shape index (κ2) is 11.6. The number of likely N-dealkylation sites (tertiary alicyclic amines) is 1. The number of hydrogen-bond acceptors (Lipinski definition) is 8. The molecule has 0 bridgehead atoms. The quantitative estimate of drug-likeness (QED) is 0.249. The number of ether oxygens (including phenoxy) is 1. The van der Waals surface area contributed by atoms with Crippen molar-refractivity contribution in [2.45, 2.75) is 32.2 Å². The number of carbonyl (C=O) groups is 1. The van der Waals surface area contributed by atoms with Gasteiger partial charge in [-0.1, -0.05) is 24.3 Å². The highest BCUT2D eigenvalue weighted by atomic mass is 16.5. The smallest absolute Gasteiger partial charge is 0.407 e. The maximum atomic E-state index is 11.4. The minimum absolute atomic E-state index is 0.0657. The molecule has 0 radical (unpaired) electrons. The highest BCUT2D eigenvalue weighted by Crippen LogP contribution is 2.38. The summed E-state index contributed by atoms with van der Waals surface area (Å²) in [6.45, 7) is 3.47. The Kier molecular flexibility index (Phi) is 7.68. The lowest BCUT2D eigenvalue weighted by molar-refractivity contribution is 0.132. The van der Waals surface area contributed by atoms with Gasteiger partial charge in [-0.2, -0.15) is 5.26 Å². The van der Waals surface area contributed by atoms with Crippen LogP contribution in [0.15, 0.2) is 60.9 Å². The van der Waals surface area contributed by atoms with Crippen molar-refractivity contribution in [1.29, 1.82) is 5.26 Å². The lowest BCUT2D eigenvalue weighted by Crippen LogP contribution is -2.44. The van der Waals surface area contributed by atoms with Crippen LogP contribution in [0.3, 0.4) is 0 Å². The Morgan fingerprint density at radius 2 is 2.05 bits per heavy atom. The number of fused-ring (bicyclic) bond motifs is 1. The molecule has 10 heteroatoms. The van der Waals surface area contributed by atoms with Crippen LogP contribution in [0.5, 0.6) is 11.6 Å². The molecule has 39 heavy (non-hydrogen) atoms. The molecular weight excluding hydrogens is 494 g/mol. The number of pyridine rings is 1. The Morgan fingerprint density at radius 3 is 2.90 bits per heavy atom. The van der Waals surface area contributed by atoms with Crippen molar-refractivity contribution in [3.8, 4) is 29.0 Å². The van der Waals surface area contributed by atoms with E-state index in [9.17, 15) is 9.90 Å². The summed E-state index contributed by atoms with van der Waals surface area (Å²) in [6.07, 6.45) is 4.47. The zero-order valence-corrected chi connectivity index (χ0v) is 21.6. The molecule has 0 spiro atoms. The van der Waals surface area contributed by atoms with Gasteiger partial charge in [0.1, 0.15) is 5.75 Å². The molecule has 0 saturated carbocycles. The van der Waals surface area contributed by atoms with Gasteiger partial charge >= 0.3 is 6.09 Å². The number of hydrogen-bond donors (Lipinski definition) is 3. The average molecular weight is 524 g/mol. The Morgan fingerprint density at radius 1 is 1.15 bits per heavy atom. The van der Waals surface area contributed by atoms with Gasteiger partial charge in [-0.3, -0.25) is 0 Å². The summed E-state index contributed by atoms with van der Waals surface area (Å²) in [6, 6.07) is 17.6. The molecule has 2 aromatic carbocycles. The third kappa shape index (κ3) is 5.83. The van der Waals surface area contributed by atoms with Crippen molar-refractivity contribution in [2.24, 2.45) is 0 Å². The van der Waals surface area contributed by atoms with Crippen molar-refractivity contribution < 1.29 is 14.6 Å². The van der Waals surface area contributed by atoms with Gasteiger partial charge < -0.3 is 25.4 Å². The van der Waals surface area contributed by atoms with Crippen LogP contribution in [0.2, 0.25) is 0 Å². The molecule has 1 fully saturated rings. The Hall–Kier alpha value is -4.91. The van der Waals surface area contributed by atoms with E-state index in [4.69, 9.17) is 15.0 Å². The first kappa shape index (κ1) is 25.7. The fraction of sp³-hybridized carbons (Fsp3) is 0.276. The Labute approximate surface area is 226 Å². The number of piperidine rings is 1. The van der Waals surface area contributed by atoms with Crippen LogP contribution in [0.1, 0.15) is 24.8 Å². The van der Waals surface area contributed by atoms with E-state index in [1.807, 2.05) is 49.4 Å². The third-order valence-electron chi connectivity index (χ3n) is 6.69. The number of anilines is 2. The fourth-order valence-electron chi connectivity index (χ4n) is 4.78. The highest BCUT2D eigenvalue weighted by molar-refractivity contribution is 5.98. The van der Waals surface area contributed by atoms with E-state index in [2.05, 4.69) is 26.7 Å². The Bertz CT molecular complexity index is 1540. The number of nitrogens with one attached hydrogen (secondary N) is 2. The first-order valence-electron chi connectivity index (χ1n) is 12.9. The van der Waals surface area contributed by atoms with Gasteiger partial charge in [-0.05, 0) is 49.6 Å². The van der Waals surface area contributed by atoms with E-state index in [0.29, 0.717) is 54.9 Å². The van der Waals surface area contributed by atoms with Crippen molar-refractivity contribution in [3.05, 3.63) is 66.5 Å². The predicted molar refractivity (Wildman–Crippen MR) is 149 cm³/mol. The van der Waals surface area contributed by atoms with Gasteiger partial charge in [0, 0.05) is 54.5 Å². The third-order valence-corrected chi connectivity index (χ3v) is 6.69. The van der Waals surface area contributed by atoms with Crippen molar-refractivity contribution >= 4 is 28.5 Å². The van der Waals surface area contributed by atoms with E-state index < -0.39 is 6.09 Å². The zero-order valence-electron chi connectivity index (χ0n) is 21.6. The van der Waals surface area contributed by atoms with Gasteiger partial charge in [0.2, 0.25) is 11.8 Å². The molecule has 3 N–H and O–H groups in total. The van der Waals surface area contributed by atoms with Crippen molar-refractivity contribution in [2.75, 3.05) is 30.3 Å².